The van der Waals surface area contributed by atoms with Crippen LogP contribution in [0.2, 0.25) is 0 Å². The van der Waals surface area contributed by atoms with E-state index >= 15 is 0 Å². The van der Waals surface area contributed by atoms with Crippen molar-refractivity contribution in [3.8, 4) is 11.3 Å². The first-order valence-corrected chi connectivity index (χ1v) is 6.84. The van der Waals surface area contributed by atoms with Crippen LogP contribution in [0, 0.1) is 5.82 Å². The Morgan fingerprint density at radius 2 is 2.00 bits per heavy atom. The van der Waals surface area contributed by atoms with Crippen molar-refractivity contribution in [2.75, 3.05) is 11.9 Å². The minimum Gasteiger partial charge on any atom is -0.370 e. The standard InChI is InChI=1S/C15H19FN4/c1-4-5-18-14-7-13(19-15(20-14)10(2)3)11-6-12(16)9-17-8-11/h6-10H,4-5H2,1-3H3,(H,18,19,20). The Balaban J connectivity index is 2.43. The predicted octanol–water partition coefficient (Wildman–Crippen LogP) is 3.62. The number of nitrogens with zero attached hydrogens (tertiary/aromatic N) is 3. The zero-order chi connectivity index (χ0) is 14.5. The Bertz CT molecular complexity index is 584. The lowest BCUT2D eigenvalue weighted by Gasteiger charge is -2.11. The summed E-state index contributed by atoms with van der Waals surface area (Å²) in [6.45, 7) is 7.00. The Hall–Kier alpha value is -2.04. The van der Waals surface area contributed by atoms with Gasteiger partial charge in [0, 0.05) is 30.3 Å². The van der Waals surface area contributed by atoms with Crippen LogP contribution in [-0.4, -0.2) is 21.5 Å². The SMILES string of the molecule is CCCNc1cc(-c2cncc(F)c2)nc(C(C)C)n1. The average Bonchev–Trinajstić information content (AvgIpc) is 2.44. The molecule has 2 rings (SSSR count). The molecule has 0 atom stereocenters. The molecule has 20 heavy (non-hydrogen) atoms. The second kappa shape index (κ2) is 6.41. The van der Waals surface area contributed by atoms with Gasteiger partial charge in [-0.1, -0.05) is 20.8 Å². The third-order valence-electron chi connectivity index (χ3n) is 2.82. The third kappa shape index (κ3) is 3.50. The third-order valence-corrected chi connectivity index (χ3v) is 2.82. The number of hydrogen-bond donors (Lipinski definition) is 1. The van der Waals surface area contributed by atoms with Gasteiger partial charge in [-0.2, -0.15) is 0 Å². The molecule has 0 aromatic carbocycles. The summed E-state index contributed by atoms with van der Waals surface area (Å²) in [6, 6.07) is 3.26. The fraction of sp³-hybridized carbons (Fsp3) is 0.400. The number of rotatable bonds is 5. The Morgan fingerprint density at radius 1 is 1.20 bits per heavy atom. The van der Waals surface area contributed by atoms with E-state index in [0.29, 0.717) is 11.3 Å². The molecule has 2 aromatic rings. The molecule has 106 valence electrons. The summed E-state index contributed by atoms with van der Waals surface area (Å²) in [5.41, 5.74) is 1.35. The second-order valence-corrected chi connectivity index (χ2v) is 4.97. The van der Waals surface area contributed by atoms with Crippen molar-refractivity contribution in [1.29, 1.82) is 0 Å². The number of hydrogen-bond acceptors (Lipinski definition) is 4. The van der Waals surface area contributed by atoms with Gasteiger partial charge in [0.2, 0.25) is 0 Å². The van der Waals surface area contributed by atoms with Gasteiger partial charge >= 0.3 is 0 Å². The maximum Gasteiger partial charge on any atom is 0.142 e. The highest BCUT2D eigenvalue weighted by molar-refractivity contribution is 5.61. The van der Waals surface area contributed by atoms with Gasteiger partial charge in [-0.05, 0) is 12.5 Å². The normalized spacial score (nSPS) is 10.8. The van der Waals surface area contributed by atoms with E-state index in [0.717, 1.165) is 24.6 Å². The summed E-state index contributed by atoms with van der Waals surface area (Å²) in [5, 5.41) is 3.25. The molecular weight excluding hydrogens is 255 g/mol. The van der Waals surface area contributed by atoms with Crippen LogP contribution in [0.3, 0.4) is 0 Å². The highest BCUT2D eigenvalue weighted by Gasteiger charge is 2.10. The molecule has 0 bridgehead atoms. The fourth-order valence-electron chi connectivity index (χ4n) is 1.77. The molecule has 1 N–H and O–H groups in total. The van der Waals surface area contributed by atoms with E-state index in [-0.39, 0.29) is 11.7 Å². The van der Waals surface area contributed by atoms with E-state index in [1.807, 2.05) is 19.9 Å². The molecule has 2 aromatic heterocycles. The average molecular weight is 274 g/mol. The van der Waals surface area contributed by atoms with Gasteiger partial charge in [0.15, 0.2) is 0 Å². The molecule has 0 saturated carbocycles. The molecule has 0 unspecified atom stereocenters. The summed E-state index contributed by atoms with van der Waals surface area (Å²) < 4.78 is 13.3. The van der Waals surface area contributed by atoms with E-state index in [2.05, 4.69) is 27.2 Å². The van der Waals surface area contributed by atoms with Gasteiger partial charge in [0.25, 0.3) is 0 Å². The first-order valence-electron chi connectivity index (χ1n) is 6.84. The largest absolute Gasteiger partial charge is 0.370 e. The van der Waals surface area contributed by atoms with Crippen LogP contribution in [0.5, 0.6) is 0 Å². The molecule has 0 fully saturated rings. The van der Waals surface area contributed by atoms with Crippen LogP contribution in [-0.2, 0) is 0 Å². The molecular formula is C15H19FN4. The summed E-state index contributed by atoms with van der Waals surface area (Å²) in [5.74, 6) is 1.35. The maximum absolute atomic E-state index is 13.3. The summed E-state index contributed by atoms with van der Waals surface area (Å²) >= 11 is 0. The Labute approximate surface area is 118 Å². The van der Waals surface area contributed by atoms with Crippen molar-refractivity contribution in [3.63, 3.8) is 0 Å². The van der Waals surface area contributed by atoms with E-state index < -0.39 is 0 Å². The smallest absolute Gasteiger partial charge is 0.142 e. The second-order valence-electron chi connectivity index (χ2n) is 4.97. The lowest BCUT2D eigenvalue weighted by Crippen LogP contribution is -2.07. The van der Waals surface area contributed by atoms with Gasteiger partial charge in [-0.15, -0.1) is 0 Å². The molecule has 0 spiro atoms. The van der Waals surface area contributed by atoms with Crippen molar-refractivity contribution in [3.05, 3.63) is 36.2 Å². The van der Waals surface area contributed by atoms with Crippen LogP contribution in [0.25, 0.3) is 11.3 Å². The lowest BCUT2D eigenvalue weighted by molar-refractivity contribution is 0.622. The van der Waals surface area contributed by atoms with Crippen LogP contribution in [0.15, 0.2) is 24.5 Å². The molecule has 0 aliphatic heterocycles. The maximum atomic E-state index is 13.3. The van der Waals surface area contributed by atoms with E-state index in [1.54, 1.807) is 6.20 Å². The topological polar surface area (TPSA) is 50.7 Å². The number of pyridine rings is 1. The molecule has 0 radical (unpaired) electrons. The van der Waals surface area contributed by atoms with Gasteiger partial charge < -0.3 is 5.32 Å². The van der Waals surface area contributed by atoms with Crippen LogP contribution >= 0.6 is 0 Å². The highest BCUT2D eigenvalue weighted by Crippen LogP contribution is 2.22. The first kappa shape index (κ1) is 14.4. The zero-order valence-electron chi connectivity index (χ0n) is 12.0. The molecule has 0 saturated heterocycles. The molecule has 4 nitrogen and oxygen atoms in total. The highest BCUT2D eigenvalue weighted by atomic mass is 19.1. The molecule has 5 heteroatoms. The number of halogens is 1. The quantitative estimate of drug-likeness (QED) is 0.904. The van der Waals surface area contributed by atoms with Crippen molar-refractivity contribution < 1.29 is 4.39 Å². The van der Waals surface area contributed by atoms with E-state index in [4.69, 9.17) is 0 Å². The number of nitrogens with one attached hydrogen (secondary N) is 1. The molecule has 2 heterocycles. The lowest BCUT2D eigenvalue weighted by atomic mass is 10.1. The van der Waals surface area contributed by atoms with Gasteiger partial charge in [0.1, 0.15) is 17.5 Å². The Morgan fingerprint density at radius 3 is 2.65 bits per heavy atom. The zero-order valence-corrected chi connectivity index (χ0v) is 12.0. The number of anilines is 1. The molecule has 0 amide bonds. The van der Waals surface area contributed by atoms with E-state index in [9.17, 15) is 4.39 Å². The molecule has 0 aliphatic rings. The number of aromatic nitrogens is 3. The summed E-state index contributed by atoms with van der Waals surface area (Å²) in [7, 11) is 0. The minimum atomic E-state index is -0.365. The summed E-state index contributed by atoms with van der Waals surface area (Å²) in [6.07, 6.45) is 3.81. The van der Waals surface area contributed by atoms with Crippen LogP contribution in [0.1, 0.15) is 38.9 Å². The minimum absolute atomic E-state index is 0.207. The van der Waals surface area contributed by atoms with E-state index in [1.165, 1.54) is 12.3 Å². The van der Waals surface area contributed by atoms with Crippen LogP contribution < -0.4 is 5.32 Å². The Kier molecular flexibility index (Phi) is 4.61. The van der Waals surface area contributed by atoms with Crippen LogP contribution in [0.4, 0.5) is 10.2 Å². The van der Waals surface area contributed by atoms with Crippen molar-refractivity contribution in [2.24, 2.45) is 0 Å². The van der Waals surface area contributed by atoms with Crippen molar-refractivity contribution in [1.82, 2.24) is 15.0 Å². The monoisotopic (exact) mass is 274 g/mol. The van der Waals surface area contributed by atoms with Gasteiger partial charge in [-0.3, -0.25) is 4.98 Å². The predicted molar refractivity (Wildman–Crippen MR) is 78.1 cm³/mol. The first-order chi connectivity index (χ1) is 9.60. The molecule has 0 aliphatic carbocycles. The fourth-order valence-corrected chi connectivity index (χ4v) is 1.77. The van der Waals surface area contributed by atoms with Crippen molar-refractivity contribution in [2.45, 2.75) is 33.1 Å². The van der Waals surface area contributed by atoms with Crippen molar-refractivity contribution >= 4 is 5.82 Å². The van der Waals surface area contributed by atoms with Gasteiger partial charge in [0.05, 0.1) is 11.9 Å². The van der Waals surface area contributed by atoms with Gasteiger partial charge in [-0.25, -0.2) is 14.4 Å². The summed E-state index contributed by atoms with van der Waals surface area (Å²) in [4.78, 5) is 12.8.